The summed E-state index contributed by atoms with van der Waals surface area (Å²) in [7, 11) is -3.53. The fraction of sp³-hybridized carbons (Fsp3) is 0.455. The zero-order valence-corrected chi connectivity index (χ0v) is 10.5. The number of benzene rings is 1. The molecule has 0 aliphatic heterocycles. The number of hydrogen-bond acceptors (Lipinski definition) is 3. The molecule has 5 heteroatoms. The SMILES string of the molecule is Cc1ccc(C)c(S(=O)(=O)N[C@H](C)CO)c1. The van der Waals surface area contributed by atoms with Gasteiger partial charge in [0, 0.05) is 6.04 Å². The van der Waals surface area contributed by atoms with Crippen LogP contribution >= 0.6 is 0 Å². The van der Waals surface area contributed by atoms with Gasteiger partial charge in [0.05, 0.1) is 11.5 Å². The molecule has 0 aliphatic rings. The van der Waals surface area contributed by atoms with Crippen LogP contribution in [-0.4, -0.2) is 26.2 Å². The second-order valence-electron chi connectivity index (χ2n) is 3.97. The van der Waals surface area contributed by atoms with Gasteiger partial charge in [0.1, 0.15) is 0 Å². The highest BCUT2D eigenvalue weighted by Crippen LogP contribution is 2.16. The van der Waals surface area contributed by atoms with Crippen molar-refractivity contribution in [2.24, 2.45) is 0 Å². The summed E-state index contributed by atoms with van der Waals surface area (Å²) in [4.78, 5) is 0.271. The van der Waals surface area contributed by atoms with Crippen molar-refractivity contribution in [3.8, 4) is 0 Å². The zero-order chi connectivity index (χ0) is 12.3. The Kier molecular flexibility index (Phi) is 4.07. The van der Waals surface area contributed by atoms with Crippen LogP contribution in [-0.2, 0) is 10.0 Å². The van der Waals surface area contributed by atoms with Gasteiger partial charge < -0.3 is 5.11 Å². The number of rotatable bonds is 4. The van der Waals surface area contributed by atoms with Crippen molar-refractivity contribution < 1.29 is 13.5 Å². The van der Waals surface area contributed by atoms with Gasteiger partial charge in [-0.15, -0.1) is 0 Å². The molecule has 0 fully saturated rings. The van der Waals surface area contributed by atoms with Gasteiger partial charge in [0.15, 0.2) is 0 Å². The fourth-order valence-electron chi connectivity index (χ4n) is 1.36. The van der Waals surface area contributed by atoms with E-state index in [0.717, 1.165) is 5.56 Å². The molecule has 4 nitrogen and oxygen atoms in total. The van der Waals surface area contributed by atoms with Crippen molar-refractivity contribution in [1.82, 2.24) is 4.72 Å². The average Bonchev–Trinajstić information content (AvgIpc) is 2.20. The monoisotopic (exact) mass is 243 g/mol. The van der Waals surface area contributed by atoms with Crippen molar-refractivity contribution in [3.05, 3.63) is 29.3 Å². The van der Waals surface area contributed by atoms with E-state index in [1.165, 1.54) is 0 Å². The topological polar surface area (TPSA) is 66.4 Å². The maximum absolute atomic E-state index is 12.0. The molecule has 0 saturated heterocycles. The Morgan fingerprint density at radius 1 is 1.38 bits per heavy atom. The second kappa shape index (κ2) is 4.95. The minimum absolute atomic E-state index is 0.218. The molecule has 1 aromatic carbocycles. The van der Waals surface area contributed by atoms with E-state index in [9.17, 15) is 8.42 Å². The molecule has 0 bridgehead atoms. The maximum atomic E-state index is 12.0. The van der Waals surface area contributed by atoms with Crippen LogP contribution in [0.25, 0.3) is 0 Å². The van der Waals surface area contributed by atoms with Crippen molar-refractivity contribution >= 4 is 10.0 Å². The Bertz CT molecular complexity index is 468. The van der Waals surface area contributed by atoms with E-state index in [1.807, 2.05) is 13.0 Å². The highest BCUT2D eigenvalue weighted by Gasteiger charge is 2.18. The van der Waals surface area contributed by atoms with E-state index in [4.69, 9.17) is 5.11 Å². The first-order valence-corrected chi connectivity index (χ1v) is 6.55. The Labute approximate surface area is 96.4 Å². The van der Waals surface area contributed by atoms with Crippen LogP contribution in [0.15, 0.2) is 23.1 Å². The van der Waals surface area contributed by atoms with Gasteiger partial charge >= 0.3 is 0 Å². The Hall–Kier alpha value is -0.910. The first kappa shape index (κ1) is 13.2. The van der Waals surface area contributed by atoms with Crippen LogP contribution in [0.1, 0.15) is 18.1 Å². The number of hydrogen-bond donors (Lipinski definition) is 2. The number of aryl methyl sites for hydroxylation is 2. The molecule has 0 spiro atoms. The summed E-state index contributed by atoms with van der Waals surface area (Å²) in [6, 6.07) is 4.78. The minimum Gasteiger partial charge on any atom is -0.395 e. The molecule has 1 rings (SSSR count). The van der Waals surface area contributed by atoms with Crippen LogP contribution in [0.5, 0.6) is 0 Å². The van der Waals surface area contributed by atoms with Crippen LogP contribution in [0, 0.1) is 13.8 Å². The molecule has 1 atom stereocenters. The molecule has 0 aromatic heterocycles. The van der Waals surface area contributed by atoms with Crippen molar-refractivity contribution in [3.63, 3.8) is 0 Å². The lowest BCUT2D eigenvalue weighted by atomic mass is 10.2. The zero-order valence-electron chi connectivity index (χ0n) is 9.69. The molecule has 0 unspecified atom stereocenters. The molecule has 0 amide bonds. The van der Waals surface area contributed by atoms with Gasteiger partial charge in [0.25, 0.3) is 0 Å². The first-order valence-electron chi connectivity index (χ1n) is 5.07. The van der Waals surface area contributed by atoms with E-state index in [2.05, 4.69) is 4.72 Å². The molecule has 16 heavy (non-hydrogen) atoms. The average molecular weight is 243 g/mol. The predicted octanol–water partition coefficient (Wildman–Crippen LogP) is 0.963. The van der Waals surface area contributed by atoms with E-state index < -0.39 is 16.1 Å². The minimum atomic E-state index is -3.53. The molecule has 0 saturated carbocycles. The Morgan fingerprint density at radius 2 is 2.00 bits per heavy atom. The summed E-state index contributed by atoms with van der Waals surface area (Å²) in [6.07, 6.45) is 0. The Balaban J connectivity index is 3.12. The summed E-state index contributed by atoms with van der Waals surface area (Å²) in [5, 5.41) is 8.84. The molecule has 0 aliphatic carbocycles. The molecule has 90 valence electrons. The van der Waals surface area contributed by atoms with Crippen LogP contribution < -0.4 is 4.72 Å². The maximum Gasteiger partial charge on any atom is 0.241 e. The van der Waals surface area contributed by atoms with Gasteiger partial charge in [-0.1, -0.05) is 12.1 Å². The fourth-order valence-corrected chi connectivity index (χ4v) is 2.93. The van der Waals surface area contributed by atoms with Crippen LogP contribution in [0.2, 0.25) is 0 Å². The summed E-state index contributed by atoms with van der Waals surface area (Å²) < 4.78 is 26.3. The lowest BCUT2D eigenvalue weighted by molar-refractivity contribution is 0.265. The van der Waals surface area contributed by atoms with Crippen molar-refractivity contribution in [1.29, 1.82) is 0 Å². The molecule has 2 N–H and O–H groups in total. The lowest BCUT2D eigenvalue weighted by Gasteiger charge is -2.13. The number of aliphatic hydroxyl groups is 1. The number of aliphatic hydroxyl groups excluding tert-OH is 1. The molecule has 1 aromatic rings. The van der Waals surface area contributed by atoms with Crippen molar-refractivity contribution in [2.45, 2.75) is 31.7 Å². The predicted molar refractivity (Wildman–Crippen MR) is 62.8 cm³/mol. The van der Waals surface area contributed by atoms with E-state index in [-0.39, 0.29) is 11.5 Å². The molecule has 0 radical (unpaired) electrons. The first-order chi connectivity index (χ1) is 7.36. The molecular formula is C11H17NO3S. The normalized spacial score (nSPS) is 13.8. The second-order valence-corrected chi connectivity index (χ2v) is 5.66. The third-order valence-electron chi connectivity index (χ3n) is 2.26. The molecule has 0 heterocycles. The van der Waals surface area contributed by atoms with E-state index >= 15 is 0 Å². The Morgan fingerprint density at radius 3 is 2.56 bits per heavy atom. The lowest BCUT2D eigenvalue weighted by Crippen LogP contribution is -2.35. The number of sulfonamides is 1. The van der Waals surface area contributed by atoms with Gasteiger partial charge in [-0.05, 0) is 38.0 Å². The quantitative estimate of drug-likeness (QED) is 0.828. The third kappa shape index (κ3) is 3.04. The number of nitrogens with one attached hydrogen (secondary N) is 1. The van der Waals surface area contributed by atoms with Crippen LogP contribution in [0.4, 0.5) is 0 Å². The highest BCUT2D eigenvalue weighted by atomic mass is 32.2. The van der Waals surface area contributed by atoms with E-state index in [0.29, 0.717) is 5.56 Å². The third-order valence-corrected chi connectivity index (χ3v) is 3.99. The summed E-state index contributed by atoms with van der Waals surface area (Å²) in [5.74, 6) is 0. The summed E-state index contributed by atoms with van der Waals surface area (Å²) in [5.41, 5.74) is 1.59. The largest absolute Gasteiger partial charge is 0.395 e. The van der Waals surface area contributed by atoms with Gasteiger partial charge in [-0.25, -0.2) is 13.1 Å². The molecular weight excluding hydrogens is 226 g/mol. The van der Waals surface area contributed by atoms with E-state index in [1.54, 1.807) is 26.0 Å². The highest BCUT2D eigenvalue weighted by molar-refractivity contribution is 7.89. The summed E-state index contributed by atoms with van der Waals surface area (Å²) in [6.45, 7) is 4.98. The van der Waals surface area contributed by atoms with Gasteiger partial charge in [-0.3, -0.25) is 0 Å². The standard InChI is InChI=1S/C11H17NO3S/c1-8-4-5-9(2)11(6-8)16(14,15)12-10(3)7-13/h4-6,10,12-13H,7H2,1-3H3/t10-/m1/s1. The van der Waals surface area contributed by atoms with Crippen LogP contribution in [0.3, 0.4) is 0 Å². The van der Waals surface area contributed by atoms with Crippen molar-refractivity contribution in [2.75, 3.05) is 6.61 Å². The van der Waals surface area contributed by atoms with Gasteiger partial charge in [0.2, 0.25) is 10.0 Å². The van der Waals surface area contributed by atoms with Gasteiger partial charge in [-0.2, -0.15) is 0 Å². The summed E-state index contributed by atoms with van der Waals surface area (Å²) >= 11 is 0. The smallest absolute Gasteiger partial charge is 0.241 e.